The topological polar surface area (TPSA) is 54.5 Å². The first kappa shape index (κ1) is 14.2. The van der Waals surface area contributed by atoms with Crippen molar-refractivity contribution in [2.24, 2.45) is 0 Å². The van der Waals surface area contributed by atoms with Crippen LogP contribution in [0.1, 0.15) is 11.3 Å². The fourth-order valence-electron chi connectivity index (χ4n) is 2.21. The van der Waals surface area contributed by atoms with E-state index in [2.05, 4.69) is 10.3 Å². The molecule has 4 nitrogen and oxygen atoms in total. The van der Waals surface area contributed by atoms with Crippen LogP contribution in [0.3, 0.4) is 0 Å². The number of rotatable bonds is 3. The van der Waals surface area contributed by atoms with E-state index in [1.165, 1.54) is 10.7 Å². The van der Waals surface area contributed by atoms with Crippen molar-refractivity contribution in [3.8, 4) is 17.3 Å². The number of nitrogens with zero attached hydrogens (tertiary/aromatic N) is 4. The summed E-state index contributed by atoms with van der Waals surface area (Å²) in [5.74, 6) is -0.416. The highest BCUT2D eigenvalue weighted by molar-refractivity contribution is 6.31. The zero-order valence-corrected chi connectivity index (χ0v) is 12.1. The zero-order chi connectivity index (χ0) is 15.5. The predicted molar refractivity (Wildman–Crippen MR) is 80.7 cm³/mol. The Bertz CT molecular complexity index is 832. The summed E-state index contributed by atoms with van der Waals surface area (Å²) in [4.78, 5) is 0. The van der Waals surface area contributed by atoms with E-state index in [0.29, 0.717) is 16.3 Å². The molecule has 2 aromatic carbocycles. The smallest absolute Gasteiger partial charge is 0.190 e. The molecule has 0 aliphatic rings. The summed E-state index contributed by atoms with van der Waals surface area (Å²) < 4.78 is 15.4. The van der Waals surface area contributed by atoms with Crippen molar-refractivity contribution in [2.45, 2.75) is 6.54 Å². The third-order valence-electron chi connectivity index (χ3n) is 3.26. The molecule has 0 bridgehead atoms. The molecular formula is C16H10ClFN4. The normalized spacial score (nSPS) is 10.4. The van der Waals surface area contributed by atoms with Crippen LogP contribution in [0.2, 0.25) is 5.02 Å². The van der Waals surface area contributed by atoms with Gasteiger partial charge in [-0.05, 0) is 12.1 Å². The van der Waals surface area contributed by atoms with Crippen LogP contribution >= 0.6 is 11.6 Å². The van der Waals surface area contributed by atoms with E-state index in [-0.39, 0.29) is 12.2 Å². The van der Waals surface area contributed by atoms with E-state index in [0.717, 1.165) is 5.56 Å². The lowest BCUT2D eigenvalue weighted by Gasteiger charge is -2.09. The second-order valence-electron chi connectivity index (χ2n) is 4.62. The highest BCUT2D eigenvalue weighted by atomic mass is 35.5. The van der Waals surface area contributed by atoms with Crippen molar-refractivity contribution in [1.82, 2.24) is 15.0 Å². The maximum atomic E-state index is 13.9. The lowest BCUT2D eigenvalue weighted by molar-refractivity contribution is 0.579. The Morgan fingerprint density at radius 3 is 2.59 bits per heavy atom. The highest BCUT2D eigenvalue weighted by Gasteiger charge is 2.17. The van der Waals surface area contributed by atoms with Crippen LogP contribution in [0.4, 0.5) is 4.39 Å². The van der Waals surface area contributed by atoms with E-state index in [1.807, 2.05) is 36.4 Å². The lowest BCUT2D eigenvalue weighted by Crippen LogP contribution is -2.06. The van der Waals surface area contributed by atoms with Crippen molar-refractivity contribution in [3.05, 3.63) is 70.6 Å². The molecule has 108 valence electrons. The van der Waals surface area contributed by atoms with Crippen LogP contribution in [0.5, 0.6) is 0 Å². The zero-order valence-electron chi connectivity index (χ0n) is 11.4. The minimum absolute atomic E-state index is 0.102. The first-order valence-electron chi connectivity index (χ1n) is 6.52. The fourth-order valence-corrected chi connectivity index (χ4v) is 2.44. The molecule has 0 N–H and O–H groups in total. The van der Waals surface area contributed by atoms with Crippen molar-refractivity contribution in [2.75, 3.05) is 0 Å². The van der Waals surface area contributed by atoms with Gasteiger partial charge in [0.2, 0.25) is 0 Å². The van der Waals surface area contributed by atoms with Gasteiger partial charge in [-0.3, -0.25) is 0 Å². The largest absolute Gasteiger partial charge is 0.239 e. The Balaban J connectivity index is 2.10. The number of hydrogen-bond donors (Lipinski definition) is 0. The summed E-state index contributed by atoms with van der Waals surface area (Å²) in [5.41, 5.74) is 1.84. The molecule has 0 unspecified atom stereocenters. The molecule has 0 radical (unpaired) electrons. The fraction of sp³-hybridized carbons (Fsp3) is 0.0625. The van der Waals surface area contributed by atoms with E-state index >= 15 is 0 Å². The summed E-state index contributed by atoms with van der Waals surface area (Å²) in [7, 11) is 0. The maximum absolute atomic E-state index is 13.9. The molecular weight excluding hydrogens is 303 g/mol. The molecule has 1 aromatic heterocycles. The van der Waals surface area contributed by atoms with E-state index in [9.17, 15) is 9.65 Å². The van der Waals surface area contributed by atoms with Gasteiger partial charge in [0.1, 0.15) is 17.6 Å². The van der Waals surface area contributed by atoms with Gasteiger partial charge < -0.3 is 0 Å². The Labute approximate surface area is 131 Å². The molecule has 0 fully saturated rings. The molecule has 0 saturated carbocycles. The number of halogens is 2. The number of benzene rings is 2. The molecule has 0 saturated heterocycles. The first-order valence-corrected chi connectivity index (χ1v) is 6.90. The third kappa shape index (κ3) is 2.57. The SMILES string of the molecule is N#Cc1nnn(Cc2c(F)cccc2Cl)c1-c1ccccc1. The first-order chi connectivity index (χ1) is 10.7. The molecule has 0 atom stereocenters. The van der Waals surface area contributed by atoms with Gasteiger partial charge in [-0.25, -0.2) is 9.07 Å². The van der Waals surface area contributed by atoms with Crippen LogP contribution in [0, 0.1) is 17.1 Å². The maximum Gasteiger partial charge on any atom is 0.190 e. The molecule has 1 heterocycles. The minimum Gasteiger partial charge on any atom is -0.239 e. The molecule has 3 aromatic rings. The minimum atomic E-state index is -0.416. The average Bonchev–Trinajstić information content (AvgIpc) is 2.94. The molecule has 0 aliphatic heterocycles. The van der Waals surface area contributed by atoms with Gasteiger partial charge in [-0.2, -0.15) is 5.26 Å². The second kappa shape index (κ2) is 5.96. The van der Waals surface area contributed by atoms with Gasteiger partial charge in [-0.1, -0.05) is 53.2 Å². The Kier molecular flexibility index (Phi) is 3.86. The molecule has 0 amide bonds. The van der Waals surface area contributed by atoms with E-state index in [1.54, 1.807) is 12.1 Å². The Morgan fingerprint density at radius 1 is 1.14 bits per heavy atom. The Morgan fingerprint density at radius 2 is 1.91 bits per heavy atom. The van der Waals surface area contributed by atoms with Crippen LogP contribution in [0.15, 0.2) is 48.5 Å². The number of nitriles is 1. The number of hydrogen-bond acceptors (Lipinski definition) is 3. The van der Waals surface area contributed by atoms with Crippen molar-refractivity contribution in [1.29, 1.82) is 5.26 Å². The molecule has 6 heteroatoms. The van der Waals surface area contributed by atoms with Gasteiger partial charge in [0.15, 0.2) is 5.69 Å². The predicted octanol–water partition coefficient (Wildman–Crippen LogP) is 3.66. The average molecular weight is 313 g/mol. The summed E-state index contributed by atoms with van der Waals surface area (Å²) >= 11 is 6.05. The van der Waals surface area contributed by atoms with Crippen LogP contribution < -0.4 is 0 Å². The van der Waals surface area contributed by atoms with Crippen LogP contribution in [0.25, 0.3) is 11.3 Å². The van der Waals surface area contributed by atoms with Gasteiger partial charge >= 0.3 is 0 Å². The molecule has 0 aliphatic carbocycles. The summed E-state index contributed by atoms with van der Waals surface area (Å²) in [6.07, 6.45) is 0. The van der Waals surface area contributed by atoms with Gasteiger partial charge in [0.05, 0.1) is 6.54 Å². The third-order valence-corrected chi connectivity index (χ3v) is 3.61. The summed E-state index contributed by atoms with van der Waals surface area (Å²) in [5, 5.41) is 17.3. The van der Waals surface area contributed by atoms with Gasteiger partial charge in [-0.15, -0.1) is 5.10 Å². The van der Waals surface area contributed by atoms with Crippen molar-refractivity contribution in [3.63, 3.8) is 0 Å². The quantitative estimate of drug-likeness (QED) is 0.741. The van der Waals surface area contributed by atoms with E-state index in [4.69, 9.17) is 11.6 Å². The summed E-state index contributed by atoms with van der Waals surface area (Å²) in [6.45, 7) is 0.102. The van der Waals surface area contributed by atoms with E-state index < -0.39 is 5.82 Å². The van der Waals surface area contributed by atoms with Crippen LogP contribution in [-0.4, -0.2) is 15.0 Å². The van der Waals surface area contributed by atoms with Gasteiger partial charge in [0, 0.05) is 16.1 Å². The Hall–Kier alpha value is -2.71. The molecule has 3 rings (SSSR count). The highest BCUT2D eigenvalue weighted by Crippen LogP contribution is 2.25. The number of aromatic nitrogens is 3. The molecule has 22 heavy (non-hydrogen) atoms. The van der Waals surface area contributed by atoms with Crippen molar-refractivity contribution < 1.29 is 4.39 Å². The van der Waals surface area contributed by atoms with Gasteiger partial charge in [0.25, 0.3) is 0 Å². The van der Waals surface area contributed by atoms with Crippen LogP contribution in [-0.2, 0) is 6.54 Å². The second-order valence-corrected chi connectivity index (χ2v) is 5.03. The summed E-state index contributed by atoms with van der Waals surface area (Å²) in [6, 6.07) is 15.8. The standard InChI is InChI=1S/C16H10ClFN4/c17-13-7-4-8-14(18)12(13)10-22-16(15(9-19)20-21-22)11-5-2-1-3-6-11/h1-8H,10H2. The molecule has 0 spiro atoms. The van der Waals surface area contributed by atoms with Crippen molar-refractivity contribution >= 4 is 11.6 Å². The monoisotopic (exact) mass is 312 g/mol. The lowest BCUT2D eigenvalue weighted by atomic mass is 10.1.